The van der Waals surface area contributed by atoms with Crippen molar-refractivity contribution in [2.75, 3.05) is 6.54 Å². The highest BCUT2D eigenvalue weighted by atomic mass is 16.5. The normalized spacial score (nSPS) is 12.2. The van der Waals surface area contributed by atoms with Crippen molar-refractivity contribution in [1.29, 1.82) is 5.26 Å². The fraction of sp³-hybridized carbons (Fsp3) is 0.875. The smallest absolute Gasteiger partial charge is 0.166 e. The van der Waals surface area contributed by atoms with Crippen LogP contribution in [0.3, 0.4) is 0 Å². The maximum atomic E-state index is 11.8. The number of nitrogens with zero attached hydrogens (tertiary/aromatic N) is 2. The van der Waals surface area contributed by atoms with Crippen LogP contribution in [-0.4, -0.2) is 23.3 Å². The van der Waals surface area contributed by atoms with Crippen LogP contribution in [0.2, 0.25) is 0 Å². The van der Waals surface area contributed by atoms with Gasteiger partial charge in [-0.05, 0) is 27.7 Å². The Morgan fingerprint density at radius 3 is 1.73 bits per heavy atom. The zero-order chi connectivity index (χ0) is 9.07. The molecular weight excluding hydrogens is 140 g/mol. The molecule has 0 saturated carbocycles. The number of rotatable bonds is 3. The van der Waals surface area contributed by atoms with Crippen LogP contribution < -0.4 is 0 Å². The number of nitriles is 1. The van der Waals surface area contributed by atoms with Gasteiger partial charge in [-0.15, -0.1) is 0 Å². The van der Waals surface area contributed by atoms with Crippen LogP contribution in [0.15, 0.2) is 0 Å². The molecule has 0 spiro atoms. The van der Waals surface area contributed by atoms with E-state index in [0.29, 0.717) is 0 Å². The largest absolute Gasteiger partial charge is 0.632 e. The summed E-state index contributed by atoms with van der Waals surface area (Å²) in [7, 11) is 0. The van der Waals surface area contributed by atoms with E-state index in [-0.39, 0.29) is 18.6 Å². The van der Waals surface area contributed by atoms with E-state index in [0.717, 1.165) is 0 Å². The second-order valence-corrected chi connectivity index (χ2v) is 3.36. The average Bonchev–Trinajstić information content (AvgIpc) is 1.87. The van der Waals surface area contributed by atoms with Crippen molar-refractivity contribution in [2.24, 2.45) is 0 Å². The molecule has 0 fully saturated rings. The molecule has 0 amide bonds. The maximum absolute atomic E-state index is 11.8. The summed E-state index contributed by atoms with van der Waals surface area (Å²) in [5, 5.41) is 20.3. The Bertz CT molecular complexity index is 150. The second kappa shape index (κ2) is 3.70. The highest BCUT2D eigenvalue weighted by Gasteiger charge is 2.24. The molecular formula is C8H16N2O. The molecule has 0 aromatic rings. The molecule has 64 valence electrons. The minimum atomic E-state index is -0.406. The summed E-state index contributed by atoms with van der Waals surface area (Å²) in [5.41, 5.74) is 0. The van der Waals surface area contributed by atoms with E-state index < -0.39 is 4.65 Å². The Hall–Kier alpha value is -0.590. The lowest BCUT2D eigenvalue weighted by Gasteiger charge is -2.48. The SMILES string of the molecule is CC(C)[N+]([O-])(CC#N)C(C)C. The van der Waals surface area contributed by atoms with Gasteiger partial charge in [0.15, 0.2) is 6.54 Å². The molecule has 0 bridgehead atoms. The van der Waals surface area contributed by atoms with Crippen molar-refractivity contribution in [1.82, 2.24) is 0 Å². The summed E-state index contributed by atoms with van der Waals surface area (Å²) in [6, 6.07) is 1.87. The fourth-order valence-electron chi connectivity index (χ4n) is 1.07. The van der Waals surface area contributed by atoms with Crippen molar-refractivity contribution in [3.63, 3.8) is 0 Å². The van der Waals surface area contributed by atoms with Gasteiger partial charge in [-0.25, -0.2) is 0 Å². The number of hydroxylamine groups is 3. The number of hydrogen-bond acceptors (Lipinski definition) is 2. The molecule has 3 nitrogen and oxygen atoms in total. The lowest BCUT2D eigenvalue weighted by atomic mass is 10.2. The predicted molar refractivity (Wildman–Crippen MR) is 44.4 cm³/mol. The van der Waals surface area contributed by atoms with E-state index in [1.807, 2.05) is 33.8 Å². The van der Waals surface area contributed by atoms with Crippen LogP contribution in [0.5, 0.6) is 0 Å². The monoisotopic (exact) mass is 156 g/mol. The van der Waals surface area contributed by atoms with E-state index in [1.54, 1.807) is 0 Å². The van der Waals surface area contributed by atoms with E-state index in [4.69, 9.17) is 5.26 Å². The second-order valence-electron chi connectivity index (χ2n) is 3.36. The van der Waals surface area contributed by atoms with Gasteiger partial charge in [0.1, 0.15) is 6.07 Å². The van der Waals surface area contributed by atoms with Gasteiger partial charge in [0.05, 0.1) is 12.1 Å². The third kappa shape index (κ3) is 2.18. The Labute approximate surface area is 68.4 Å². The van der Waals surface area contributed by atoms with Crippen LogP contribution in [0.4, 0.5) is 0 Å². The Balaban J connectivity index is 4.41. The van der Waals surface area contributed by atoms with Crippen LogP contribution in [0.25, 0.3) is 0 Å². The summed E-state index contributed by atoms with van der Waals surface area (Å²) in [6.45, 7) is 7.46. The van der Waals surface area contributed by atoms with E-state index in [9.17, 15) is 5.21 Å². The summed E-state index contributed by atoms with van der Waals surface area (Å²) in [6.07, 6.45) is 0. The third-order valence-corrected chi connectivity index (χ3v) is 2.07. The van der Waals surface area contributed by atoms with Gasteiger partial charge < -0.3 is 9.85 Å². The van der Waals surface area contributed by atoms with Crippen LogP contribution in [0.1, 0.15) is 27.7 Å². The summed E-state index contributed by atoms with van der Waals surface area (Å²) < 4.78 is -0.406. The average molecular weight is 156 g/mol. The topological polar surface area (TPSA) is 46.8 Å². The van der Waals surface area contributed by atoms with Gasteiger partial charge in [0.2, 0.25) is 0 Å². The van der Waals surface area contributed by atoms with Gasteiger partial charge in [0, 0.05) is 0 Å². The van der Waals surface area contributed by atoms with Crippen molar-refractivity contribution >= 4 is 0 Å². The first-order valence-electron chi connectivity index (χ1n) is 3.90. The minimum absolute atomic E-state index is 0.0327. The standard InChI is InChI=1S/C8H16N2O/c1-7(2)10(11,6-5-9)8(3)4/h7-8H,6H2,1-4H3. The van der Waals surface area contributed by atoms with Crippen LogP contribution in [-0.2, 0) is 0 Å². The lowest BCUT2D eigenvalue weighted by molar-refractivity contribution is -0.915. The zero-order valence-corrected chi connectivity index (χ0v) is 7.66. The molecule has 0 aromatic heterocycles. The molecule has 0 atom stereocenters. The van der Waals surface area contributed by atoms with Gasteiger partial charge in [-0.2, -0.15) is 5.26 Å². The molecule has 0 unspecified atom stereocenters. The molecule has 0 rings (SSSR count). The number of quaternary nitrogens is 1. The summed E-state index contributed by atoms with van der Waals surface area (Å²) in [5.74, 6) is 0. The number of hydrogen-bond donors (Lipinski definition) is 0. The minimum Gasteiger partial charge on any atom is -0.632 e. The Morgan fingerprint density at radius 2 is 1.64 bits per heavy atom. The van der Waals surface area contributed by atoms with Crippen LogP contribution >= 0.6 is 0 Å². The molecule has 0 N–H and O–H groups in total. The van der Waals surface area contributed by atoms with Gasteiger partial charge in [-0.3, -0.25) is 0 Å². The summed E-state index contributed by atoms with van der Waals surface area (Å²) >= 11 is 0. The molecule has 0 aliphatic heterocycles. The predicted octanol–water partition coefficient (Wildman–Crippen LogP) is 1.64. The van der Waals surface area contributed by atoms with Gasteiger partial charge in [-0.1, -0.05) is 0 Å². The zero-order valence-electron chi connectivity index (χ0n) is 7.66. The van der Waals surface area contributed by atoms with Crippen molar-refractivity contribution in [3.05, 3.63) is 5.21 Å². The molecule has 0 aliphatic rings. The lowest BCUT2D eigenvalue weighted by Crippen LogP contribution is -2.53. The van der Waals surface area contributed by atoms with E-state index >= 15 is 0 Å². The highest BCUT2D eigenvalue weighted by Crippen LogP contribution is 2.15. The van der Waals surface area contributed by atoms with Crippen molar-refractivity contribution in [3.8, 4) is 6.07 Å². The first kappa shape index (κ1) is 10.4. The Kier molecular flexibility index (Phi) is 3.50. The molecule has 3 heteroatoms. The summed E-state index contributed by atoms with van der Waals surface area (Å²) in [4.78, 5) is 0. The first-order valence-corrected chi connectivity index (χ1v) is 3.90. The molecule has 11 heavy (non-hydrogen) atoms. The van der Waals surface area contributed by atoms with E-state index in [1.165, 1.54) is 0 Å². The third-order valence-electron chi connectivity index (χ3n) is 2.07. The fourth-order valence-corrected chi connectivity index (χ4v) is 1.07. The van der Waals surface area contributed by atoms with E-state index in [2.05, 4.69) is 0 Å². The van der Waals surface area contributed by atoms with Crippen LogP contribution in [0, 0.1) is 16.5 Å². The quantitative estimate of drug-likeness (QED) is 0.354. The molecule has 0 saturated heterocycles. The Morgan fingerprint density at radius 1 is 1.27 bits per heavy atom. The maximum Gasteiger partial charge on any atom is 0.166 e. The van der Waals surface area contributed by atoms with Gasteiger partial charge >= 0.3 is 0 Å². The first-order chi connectivity index (χ1) is 4.95. The van der Waals surface area contributed by atoms with Crippen molar-refractivity contribution < 1.29 is 4.65 Å². The highest BCUT2D eigenvalue weighted by molar-refractivity contribution is 4.71. The molecule has 0 radical (unpaired) electrons. The molecule has 0 aliphatic carbocycles. The molecule has 0 aromatic carbocycles. The van der Waals surface area contributed by atoms with Gasteiger partial charge in [0.25, 0.3) is 0 Å². The molecule has 0 heterocycles. The van der Waals surface area contributed by atoms with Crippen molar-refractivity contribution in [2.45, 2.75) is 39.8 Å².